The smallest absolute Gasteiger partial charge is 0.0251 e. The van der Waals surface area contributed by atoms with E-state index in [1.54, 1.807) is 0 Å². The lowest BCUT2D eigenvalue weighted by Gasteiger charge is -2.35. The van der Waals surface area contributed by atoms with Crippen molar-refractivity contribution in [2.24, 2.45) is 5.92 Å². The molecule has 2 rings (SSSR count). The average molecular weight is 199 g/mol. The van der Waals surface area contributed by atoms with Crippen molar-refractivity contribution in [3.63, 3.8) is 0 Å². The van der Waals surface area contributed by atoms with Crippen molar-refractivity contribution < 1.29 is 0 Å². The fourth-order valence-electron chi connectivity index (χ4n) is 2.47. The Kier molecular flexibility index (Phi) is 3.56. The maximum atomic E-state index is 3.77. The minimum Gasteiger partial charge on any atom is -0.310 e. The third kappa shape index (κ3) is 2.63. The van der Waals surface area contributed by atoms with Gasteiger partial charge in [0.25, 0.3) is 0 Å². The molecule has 2 fully saturated rings. The van der Waals surface area contributed by atoms with E-state index < -0.39 is 0 Å². The Morgan fingerprint density at radius 3 is 2.38 bits per heavy atom. The van der Waals surface area contributed by atoms with Crippen LogP contribution in [0.4, 0.5) is 0 Å². The molecule has 76 valence electrons. The van der Waals surface area contributed by atoms with Gasteiger partial charge in [-0.1, -0.05) is 19.3 Å². The second kappa shape index (κ2) is 4.70. The number of hydrogen-bond acceptors (Lipinski definition) is 2. The molecule has 13 heavy (non-hydrogen) atoms. The molecule has 0 bridgehead atoms. The van der Waals surface area contributed by atoms with Crippen LogP contribution >= 0.6 is 11.8 Å². The van der Waals surface area contributed by atoms with Crippen LogP contribution in [0.25, 0.3) is 0 Å². The molecule has 0 aromatic rings. The van der Waals surface area contributed by atoms with Gasteiger partial charge in [-0.25, -0.2) is 0 Å². The Morgan fingerprint density at radius 1 is 1.15 bits per heavy atom. The standard InChI is InChI=1S/C11H21NS/c1-9(12-11-7-13-8-11)10-5-3-2-4-6-10/h9-12H,2-8H2,1H3/t9-/m1/s1. The normalized spacial score (nSPS) is 28.4. The molecule has 0 radical (unpaired) electrons. The lowest BCUT2D eigenvalue weighted by molar-refractivity contribution is 0.270. The predicted octanol–water partition coefficient (Wildman–Crippen LogP) is 2.66. The van der Waals surface area contributed by atoms with Crippen molar-refractivity contribution in [3.05, 3.63) is 0 Å². The molecule has 2 aliphatic rings. The van der Waals surface area contributed by atoms with Crippen LogP contribution in [0.1, 0.15) is 39.0 Å². The number of thioether (sulfide) groups is 1. The molecule has 1 nitrogen and oxygen atoms in total. The summed E-state index contributed by atoms with van der Waals surface area (Å²) in [7, 11) is 0. The zero-order chi connectivity index (χ0) is 9.10. The van der Waals surface area contributed by atoms with E-state index in [4.69, 9.17) is 0 Å². The highest BCUT2D eigenvalue weighted by molar-refractivity contribution is 8.00. The van der Waals surface area contributed by atoms with E-state index in [1.807, 2.05) is 0 Å². The summed E-state index contributed by atoms with van der Waals surface area (Å²) in [5.74, 6) is 3.66. The van der Waals surface area contributed by atoms with Gasteiger partial charge in [-0.3, -0.25) is 0 Å². The maximum absolute atomic E-state index is 3.77. The first-order valence-corrected chi connectivity index (χ1v) is 6.85. The molecule has 0 spiro atoms. The number of nitrogens with one attached hydrogen (secondary N) is 1. The highest BCUT2D eigenvalue weighted by Crippen LogP contribution is 2.27. The van der Waals surface area contributed by atoms with Gasteiger partial charge < -0.3 is 5.32 Å². The summed E-state index contributed by atoms with van der Waals surface area (Å²) in [6.45, 7) is 2.39. The van der Waals surface area contributed by atoms with Crippen molar-refractivity contribution in [1.82, 2.24) is 5.32 Å². The minimum absolute atomic E-state index is 0.770. The molecule has 1 heterocycles. The van der Waals surface area contributed by atoms with Gasteiger partial charge in [0.15, 0.2) is 0 Å². The summed E-state index contributed by atoms with van der Waals surface area (Å²) in [5, 5.41) is 3.77. The van der Waals surface area contributed by atoms with E-state index in [1.165, 1.54) is 43.6 Å². The molecule has 2 heteroatoms. The van der Waals surface area contributed by atoms with Gasteiger partial charge in [-0.15, -0.1) is 0 Å². The Balaban J connectivity index is 1.70. The summed E-state index contributed by atoms with van der Waals surface area (Å²) in [5.41, 5.74) is 0. The monoisotopic (exact) mass is 199 g/mol. The van der Waals surface area contributed by atoms with Crippen LogP contribution in [-0.4, -0.2) is 23.6 Å². The van der Waals surface area contributed by atoms with Crippen molar-refractivity contribution in [2.75, 3.05) is 11.5 Å². The summed E-state index contributed by atoms with van der Waals surface area (Å²) in [6.07, 6.45) is 7.34. The van der Waals surface area contributed by atoms with Crippen molar-refractivity contribution in [2.45, 2.75) is 51.1 Å². The summed E-state index contributed by atoms with van der Waals surface area (Å²) < 4.78 is 0. The summed E-state index contributed by atoms with van der Waals surface area (Å²) in [4.78, 5) is 0. The van der Waals surface area contributed by atoms with Crippen molar-refractivity contribution >= 4 is 11.8 Å². The second-order valence-electron chi connectivity index (χ2n) is 4.59. The van der Waals surface area contributed by atoms with E-state index in [0.717, 1.165) is 18.0 Å². The highest BCUT2D eigenvalue weighted by atomic mass is 32.2. The van der Waals surface area contributed by atoms with Crippen LogP contribution < -0.4 is 5.32 Å². The SMILES string of the molecule is C[C@@H](NC1CSC1)C1CCCCC1. The molecule has 0 amide bonds. The zero-order valence-corrected chi connectivity index (χ0v) is 9.41. The minimum atomic E-state index is 0.770. The molecule has 0 aromatic heterocycles. The van der Waals surface area contributed by atoms with Gasteiger partial charge in [-0.2, -0.15) is 11.8 Å². The topological polar surface area (TPSA) is 12.0 Å². The Morgan fingerprint density at radius 2 is 1.85 bits per heavy atom. The van der Waals surface area contributed by atoms with Crippen LogP contribution in [-0.2, 0) is 0 Å². The third-order valence-electron chi connectivity index (χ3n) is 3.49. The van der Waals surface area contributed by atoms with Crippen molar-refractivity contribution in [3.8, 4) is 0 Å². The third-order valence-corrected chi connectivity index (χ3v) is 4.77. The van der Waals surface area contributed by atoms with E-state index >= 15 is 0 Å². The first-order valence-electron chi connectivity index (χ1n) is 5.70. The molecule has 1 aliphatic carbocycles. The number of hydrogen-bond donors (Lipinski definition) is 1. The van der Waals surface area contributed by atoms with Gasteiger partial charge in [0.2, 0.25) is 0 Å². The van der Waals surface area contributed by atoms with E-state index in [-0.39, 0.29) is 0 Å². The summed E-state index contributed by atoms with van der Waals surface area (Å²) >= 11 is 2.07. The fourth-order valence-corrected chi connectivity index (χ4v) is 3.14. The van der Waals surface area contributed by atoms with Gasteiger partial charge >= 0.3 is 0 Å². The van der Waals surface area contributed by atoms with Crippen LogP contribution in [0.5, 0.6) is 0 Å². The molecule has 0 aromatic carbocycles. The molecule has 1 aliphatic heterocycles. The molecule has 1 saturated carbocycles. The molecular formula is C11H21NS. The Hall–Kier alpha value is 0.310. The second-order valence-corrected chi connectivity index (χ2v) is 5.66. The van der Waals surface area contributed by atoms with Crippen LogP contribution in [0.15, 0.2) is 0 Å². The fraction of sp³-hybridized carbons (Fsp3) is 1.00. The Bertz CT molecular complexity index is 150. The predicted molar refractivity (Wildman–Crippen MR) is 60.3 cm³/mol. The van der Waals surface area contributed by atoms with Crippen LogP contribution in [0, 0.1) is 5.92 Å². The van der Waals surface area contributed by atoms with E-state index in [9.17, 15) is 0 Å². The lowest BCUT2D eigenvalue weighted by atomic mass is 9.84. The van der Waals surface area contributed by atoms with Gasteiger partial charge in [0, 0.05) is 23.6 Å². The maximum Gasteiger partial charge on any atom is 0.0251 e. The van der Waals surface area contributed by atoms with Gasteiger partial charge in [-0.05, 0) is 25.7 Å². The molecule has 1 saturated heterocycles. The number of rotatable bonds is 3. The Labute approximate surface area is 86.0 Å². The average Bonchev–Trinajstić information content (AvgIpc) is 2.12. The first kappa shape index (κ1) is 9.85. The highest BCUT2D eigenvalue weighted by Gasteiger charge is 2.25. The lowest BCUT2D eigenvalue weighted by Crippen LogP contribution is -2.48. The van der Waals surface area contributed by atoms with Crippen molar-refractivity contribution in [1.29, 1.82) is 0 Å². The quantitative estimate of drug-likeness (QED) is 0.750. The largest absolute Gasteiger partial charge is 0.310 e. The molecule has 1 N–H and O–H groups in total. The molecular weight excluding hydrogens is 178 g/mol. The van der Waals surface area contributed by atoms with Gasteiger partial charge in [0.05, 0.1) is 0 Å². The molecule has 1 atom stereocenters. The first-order chi connectivity index (χ1) is 6.36. The van der Waals surface area contributed by atoms with E-state index in [2.05, 4.69) is 24.0 Å². The molecule has 0 unspecified atom stereocenters. The van der Waals surface area contributed by atoms with Gasteiger partial charge in [0.1, 0.15) is 0 Å². The van der Waals surface area contributed by atoms with Crippen LogP contribution in [0.2, 0.25) is 0 Å². The zero-order valence-electron chi connectivity index (χ0n) is 8.59. The van der Waals surface area contributed by atoms with E-state index in [0.29, 0.717) is 0 Å². The summed E-state index contributed by atoms with van der Waals surface area (Å²) in [6, 6.07) is 1.60. The van der Waals surface area contributed by atoms with Crippen LogP contribution in [0.3, 0.4) is 0 Å².